The summed E-state index contributed by atoms with van der Waals surface area (Å²) in [6.07, 6.45) is 5.90. The van der Waals surface area contributed by atoms with Crippen molar-refractivity contribution in [1.82, 2.24) is 10.3 Å². The number of hydrogen-bond acceptors (Lipinski definition) is 5. The van der Waals surface area contributed by atoms with Crippen LogP contribution in [0.1, 0.15) is 55.9 Å². The zero-order chi connectivity index (χ0) is 18.4. The zero-order valence-corrected chi connectivity index (χ0v) is 15.8. The van der Waals surface area contributed by atoms with E-state index < -0.39 is 12.1 Å². The van der Waals surface area contributed by atoms with E-state index in [1.807, 2.05) is 30.3 Å². The van der Waals surface area contributed by atoms with Crippen molar-refractivity contribution in [2.75, 3.05) is 0 Å². The predicted molar refractivity (Wildman–Crippen MR) is 102 cm³/mol. The molecule has 0 spiro atoms. The molecule has 1 aromatic heterocycles. The van der Waals surface area contributed by atoms with Gasteiger partial charge in [0, 0.05) is 17.0 Å². The number of nitrogens with zero attached hydrogens (tertiary/aromatic N) is 1. The molecule has 0 aliphatic heterocycles. The van der Waals surface area contributed by atoms with Crippen LogP contribution in [0.4, 0.5) is 0 Å². The van der Waals surface area contributed by atoms with E-state index in [-0.39, 0.29) is 17.6 Å². The highest BCUT2D eigenvalue weighted by atomic mass is 32.1. The number of esters is 1. The quantitative estimate of drug-likeness (QED) is 0.631. The number of rotatable bonds is 5. The molecule has 0 bridgehead atoms. The van der Waals surface area contributed by atoms with Crippen LogP contribution in [0, 0.1) is 0 Å². The molecule has 6 heteroatoms. The fourth-order valence-corrected chi connectivity index (χ4v) is 3.89. The van der Waals surface area contributed by atoms with Crippen molar-refractivity contribution >= 4 is 23.2 Å². The van der Waals surface area contributed by atoms with Gasteiger partial charge in [-0.3, -0.25) is 4.79 Å². The third-order valence-electron chi connectivity index (χ3n) is 4.59. The average molecular weight is 372 g/mol. The van der Waals surface area contributed by atoms with E-state index in [1.54, 1.807) is 12.3 Å². The molecule has 0 saturated heterocycles. The van der Waals surface area contributed by atoms with E-state index in [1.165, 1.54) is 24.2 Å². The molecule has 1 fully saturated rings. The van der Waals surface area contributed by atoms with Crippen molar-refractivity contribution in [2.45, 2.75) is 57.6 Å². The lowest BCUT2D eigenvalue weighted by molar-refractivity contribution is -0.129. The Morgan fingerprint density at radius 1 is 1.15 bits per heavy atom. The van der Waals surface area contributed by atoms with Gasteiger partial charge in [0.2, 0.25) is 0 Å². The summed E-state index contributed by atoms with van der Waals surface area (Å²) in [6, 6.07) is 9.85. The first-order valence-electron chi connectivity index (χ1n) is 9.16. The standard InChI is InChI=1S/C20H24N2O3S/c1-14(18(23)21-16-11-7-2-3-8-12-16)25-20(24)17-13-26-19(22-17)15-9-5-4-6-10-15/h4-6,9-10,13-14,16H,2-3,7-8,11-12H2,1H3,(H,21,23)/t14-/m1/s1. The number of hydrogen-bond donors (Lipinski definition) is 1. The lowest BCUT2D eigenvalue weighted by atomic mass is 10.1. The molecule has 2 aromatic rings. The average Bonchev–Trinajstić information content (AvgIpc) is 3.02. The third-order valence-corrected chi connectivity index (χ3v) is 5.48. The molecule has 1 saturated carbocycles. The van der Waals surface area contributed by atoms with E-state index in [4.69, 9.17) is 4.74 Å². The predicted octanol–water partition coefficient (Wildman–Crippen LogP) is 4.19. The minimum Gasteiger partial charge on any atom is -0.448 e. The molecule has 1 N–H and O–H groups in total. The van der Waals surface area contributed by atoms with Gasteiger partial charge in [0.25, 0.3) is 5.91 Å². The van der Waals surface area contributed by atoms with Crippen LogP contribution >= 0.6 is 11.3 Å². The summed E-state index contributed by atoms with van der Waals surface area (Å²) in [5.41, 5.74) is 1.19. The van der Waals surface area contributed by atoms with Gasteiger partial charge in [-0.15, -0.1) is 11.3 Å². The highest BCUT2D eigenvalue weighted by molar-refractivity contribution is 7.13. The van der Waals surface area contributed by atoms with Gasteiger partial charge in [0.15, 0.2) is 11.8 Å². The summed E-state index contributed by atoms with van der Waals surface area (Å²) < 4.78 is 5.31. The normalized spacial score (nSPS) is 16.5. The Balaban J connectivity index is 1.55. The Morgan fingerprint density at radius 2 is 1.85 bits per heavy atom. The zero-order valence-electron chi connectivity index (χ0n) is 14.9. The Morgan fingerprint density at radius 3 is 2.54 bits per heavy atom. The van der Waals surface area contributed by atoms with Gasteiger partial charge in [-0.1, -0.05) is 56.0 Å². The van der Waals surface area contributed by atoms with Crippen LogP contribution in [0.2, 0.25) is 0 Å². The van der Waals surface area contributed by atoms with Crippen LogP contribution in [0.25, 0.3) is 10.6 Å². The molecular weight excluding hydrogens is 348 g/mol. The maximum Gasteiger partial charge on any atom is 0.358 e. The van der Waals surface area contributed by atoms with Gasteiger partial charge in [0.1, 0.15) is 5.01 Å². The van der Waals surface area contributed by atoms with Crippen LogP contribution in [0.5, 0.6) is 0 Å². The monoisotopic (exact) mass is 372 g/mol. The topological polar surface area (TPSA) is 68.3 Å². The lowest BCUT2D eigenvalue weighted by Gasteiger charge is -2.19. The number of aromatic nitrogens is 1. The molecule has 1 aromatic carbocycles. The molecule has 3 rings (SSSR count). The molecule has 0 radical (unpaired) electrons. The molecule has 138 valence electrons. The van der Waals surface area contributed by atoms with Crippen LogP contribution in [-0.4, -0.2) is 29.0 Å². The maximum absolute atomic E-state index is 12.3. The van der Waals surface area contributed by atoms with Crippen LogP contribution < -0.4 is 5.32 Å². The van der Waals surface area contributed by atoms with Crippen molar-refractivity contribution in [2.24, 2.45) is 0 Å². The van der Waals surface area contributed by atoms with E-state index in [2.05, 4.69) is 10.3 Å². The Bertz CT molecular complexity index is 737. The summed E-state index contributed by atoms with van der Waals surface area (Å²) >= 11 is 1.38. The van der Waals surface area contributed by atoms with Crippen molar-refractivity contribution < 1.29 is 14.3 Å². The van der Waals surface area contributed by atoms with Gasteiger partial charge in [-0.25, -0.2) is 9.78 Å². The smallest absolute Gasteiger partial charge is 0.358 e. The molecule has 1 aliphatic rings. The third kappa shape index (κ3) is 4.91. The number of nitrogens with one attached hydrogen (secondary N) is 1. The van der Waals surface area contributed by atoms with Crippen molar-refractivity contribution in [1.29, 1.82) is 0 Å². The number of carbonyl (C=O) groups excluding carboxylic acids is 2. The minimum atomic E-state index is -0.826. The Kier molecular flexibility index (Phi) is 6.39. The Hall–Kier alpha value is -2.21. The maximum atomic E-state index is 12.3. The molecule has 26 heavy (non-hydrogen) atoms. The van der Waals surface area contributed by atoms with Crippen molar-refractivity contribution in [3.05, 3.63) is 41.4 Å². The van der Waals surface area contributed by atoms with E-state index in [9.17, 15) is 9.59 Å². The van der Waals surface area contributed by atoms with Gasteiger partial charge >= 0.3 is 5.97 Å². The largest absolute Gasteiger partial charge is 0.448 e. The summed E-state index contributed by atoms with van der Waals surface area (Å²) in [7, 11) is 0. The SMILES string of the molecule is C[C@@H](OC(=O)c1csc(-c2ccccc2)n1)C(=O)NC1CCCCCC1. The molecule has 1 atom stereocenters. The first-order valence-corrected chi connectivity index (χ1v) is 10.0. The number of carbonyl (C=O) groups is 2. The fourth-order valence-electron chi connectivity index (χ4n) is 3.10. The molecule has 5 nitrogen and oxygen atoms in total. The Labute approximate surface area is 157 Å². The summed E-state index contributed by atoms with van der Waals surface area (Å²) in [5.74, 6) is -0.796. The fraction of sp³-hybridized carbons (Fsp3) is 0.450. The summed E-state index contributed by atoms with van der Waals surface area (Å²) in [4.78, 5) is 28.9. The molecule has 1 heterocycles. The van der Waals surface area contributed by atoms with Crippen LogP contribution in [0.15, 0.2) is 35.7 Å². The number of ether oxygens (including phenoxy) is 1. The minimum absolute atomic E-state index is 0.190. The van der Waals surface area contributed by atoms with Crippen molar-refractivity contribution in [3.8, 4) is 10.6 Å². The highest BCUT2D eigenvalue weighted by Gasteiger charge is 2.23. The first-order chi connectivity index (χ1) is 12.6. The van der Waals surface area contributed by atoms with Gasteiger partial charge in [-0.2, -0.15) is 0 Å². The number of amides is 1. The van der Waals surface area contributed by atoms with E-state index in [0.29, 0.717) is 0 Å². The lowest BCUT2D eigenvalue weighted by Crippen LogP contribution is -2.41. The van der Waals surface area contributed by atoms with Gasteiger partial charge in [-0.05, 0) is 19.8 Å². The van der Waals surface area contributed by atoms with Gasteiger partial charge in [0.05, 0.1) is 0 Å². The number of benzene rings is 1. The molecular formula is C20H24N2O3S. The van der Waals surface area contributed by atoms with Gasteiger partial charge < -0.3 is 10.1 Å². The second-order valence-electron chi connectivity index (χ2n) is 6.65. The second-order valence-corrected chi connectivity index (χ2v) is 7.51. The summed E-state index contributed by atoms with van der Waals surface area (Å²) in [5, 5.41) is 5.44. The first kappa shape index (κ1) is 18.6. The van der Waals surface area contributed by atoms with Crippen LogP contribution in [0.3, 0.4) is 0 Å². The summed E-state index contributed by atoms with van der Waals surface area (Å²) in [6.45, 7) is 1.61. The van der Waals surface area contributed by atoms with E-state index in [0.717, 1.165) is 36.3 Å². The van der Waals surface area contributed by atoms with Crippen LogP contribution in [-0.2, 0) is 9.53 Å². The molecule has 1 amide bonds. The second kappa shape index (κ2) is 8.94. The molecule has 1 aliphatic carbocycles. The number of thiazole rings is 1. The molecule has 0 unspecified atom stereocenters. The highest BCUT2D eigenvalue weighted by Crippen LogP contribution is 2.24. The van der Waals surface area contributed by atoms with E-state index >= 15 is 0 Å². The van der Waals surface area contributed by atoms with Crippen molar-refractivity contribution in [3.63, 3.8) is 0 Å².